The van der Waals surface area contributed by atoms with Crippen LogP contribution in [-0.4, -0.2) is 34.6 Å². The molecule has 0 amide bonds. The molecule has 6 aromatic rings. The van der Waals surface area contributed by atoms with E-state index in [0.717, 1.165) is 21.5 Å². The van der Waals surface area contributed by atoms with Gasteiger partial charge in [-0.15, -0.1) is 0 Å². The molecule has 0 saturated carbocycles. The van der Waals surface area contributed by atoms with Gasteiger partial charge in [-0.2, -0.15) is 0 Å². The molecule has 0 spiro atoms. The minimum absolute atomic E-state index is 0.0863. The van der Waals surface area contributed by atoms with Crippen molar-refractivity contribution in [2.24, 2.45) is 0 Å². The van der Waals surface area contributed by atoms with Crippen LogP contribution < -0.4 is 14.2 Å². The summed E-state index contributed by atoms with van der Waals surface area (Å²) in [5.41, 5.74) is 0. The Bertz CT molecular complexity index is 1740. The highest BCUT2D eigenvalue weighted by atomic mass is 16.5. The van der Waals surface area contributed by atoms with E-state index in [1.807, 2.05) is 60.7 Å². The molecule has 0 saturated heterocycles. The van der Waals surface area contributed by atoms with Gasteiger partial charge in [-0.25, -0.2) is 0 Å². The van der Waals surface area contributed by atoms with Crippen molar-refractivity contribution in [3.05, 3.63) is 72.8 Å². The van der Waals surface area contributed by atoms with Crippen LogP contribution in [0.1, 0.15) is 0 Å². The minimum atomic E-state index is -0.566. The van der Waals surface area contributed by atoms with Gasteiger partial charge in [-0.05, 0) is 45.8 Å². The van der Waals surface area contributed by atoms with Gasteiger partial charge >= 0.3 is 0 Å². The first-order valence-corrected chi connectivity index (χ1v) is 11.5. The summed E-state index contributed by atoms with van der Waals surface area (Å²) in [6.07, 6.45) is 0. The van der Waals surface area contributed by atoms with Gasteiger partial charge < -0.3 is 34.6 Å². The Morgan fingerprint density at radius 3 is 1.00 bits per heavy atom. The Morgan fingerprint density at radius 1 is 0.432 bits per heavy atom. The predicted molar refractivity (Wildman–Crippen MR) is 143 cm³/mol. The van der Waals surface area contributed by atoms with Gasteiger partial charge in [-0.3, -0.25) is 0 Å². The number of methoxy groups -OCH3 is 2. The fourth-order valence-corrected chi connectivity index (χ4v) is 4.89. The van der Waals surface area contributed by atoms with Gasteiger partial charge in [0.05, 0.1) is 14.2 Å². The zero-order valence-corrected chi connectivity index (χ0v) is 19.9. The normalized spacial score (nSPS) is 11.4. The molecule has 0 aliphatic heterocycles. The monoisotopic (exact) mass is 494 g/mol. The molecule has 0 radical (unpaired) electrons. The maximum atomic E-state index is 11.0. The number of phenolic OH excluding ortho intramolecular Hbond substituents is 4. The Hall–Kier alpha value is -5.04. The highest BCUT2D eigenvalue weighted by Gasteiger charge is 2.26. The summed E-state index contributed by atoms with van der Waals surface area (Å²) in [5, 5.41) is 49.0. The van der Waals surface area contributed by atoms with Crippen molar-refractivity contribution < 1.29 is 34.6 Å². The van der Waals surface area contributed by atoms with E-state index in [9.17, 15) is 20.4 Å². The fraction of sp³-hybridized carbons (Fsp3) is 0.0667. The van der Waals surface area contributed by atoms with Crippen LogP contribution >= 0.6 is 0 Å². The second-order valence-electron chi connectivity index (χ2n) is 8.71. The summed E-state index contributed by atoms with van der Waals surface area (Å²) in [4.78, 5) is 0. The number of aromatic hydroxyl groups is 4. The van der Waals surface area contributed by atoms with Crippen LogP contribution in [0.25, 0.3) is 43.1 Å². The fourth-order valence-electron chi connectivity index (χ4n) is 4.89. The van der Waals surface area contributed by atoms with Crippen molar-refractivity contribution in [3.63, 3.8) is 0 Å². The molecule has 0 aliphatic rings. The third-order valence-electron chi connectivity index (χ3n) is 6.67. The smallest absolute Gasteiger partial charge is 0.205 e. The topological polar surface area (TPSA) is 109 Å². The van der Waals surface area contributed by atoms with Crippen LogP contribution in [0.15, 0.2) is 72.8 Å². The van der Waals surface area contributed by atoms with Gasteiger partial charge in [0, 0.05) is 21.5 Å². The zero-order valence-electron chi connectivity index (χ0n) is 19.9. The molecule has 4 N–H and O–H groups in total. The van der Waals surface area contributed by atoms with Crippen molar-refractivity contribution in [3.8, 4) is 46.0 Å². The first-order chi connectivity index (χ1) is 17.9. The van der Waals surface area contributed by atoms with E-state index < -0.39 is 23.0 Å². The molecule has 0 fully saturated rings. The first kappa shape index (κ1) is 22.4. The van der Waals surface area contributed by atoms with E-state index in [4.69, 9.17) is 14.2 Å². The largest absolute Gasteiger partial charge is 0.502 e. The van der Waals surface area contributed by atoms with Crippen molar-refractivity contribution in [2.75, 3.05) is 14.2 Å². The van der Waals surface area contributed by atoms with Crippen LogP contribution in [0.5, 0.6) is 46.0 Å². The summed E-state index contributed by atoms with van der Waals surface area (Å²) in [5.74, 6) is -2.18. The Labute approximate surface area is 210 Å². The average Bonchev–Trinajstić information content (AvgIpc) is 2.92. The predicted octanol–water partition coefficient (Wildman–Crippen LogP) is 6.93. The van der Waals surface area contributed by atoms with Crippen LogP contribution in [0.2, 0.25) is 0 Å². The molecule has 184 valence electrons. The molecule has 6 aromatic carbocycles. The molecular formula is C30H22O7. The maximum absolute atomic E-state index is 11.0. The summed E-state index contributed by atoms with van der Waals surface area (Å²) in [7, 11) is 2.80. The molecule has 0 aromatic heterocycles. The van der Waals surface area contributed by atoms with Crippen molar-refractivity contribution >= 4 is 43.1 Å². The number of ether oxygens (including phenoxy) is 3. The lowest BCUT2D eigenvalue weighted by molar-refractivity contribution is 0.331. The minimum Gasteiger partial charge on any atom is -0.502 e. The van der Waals surface area contributed by atoms with E-state index >= 15 is 0 Å². The van der Waals surface area contributed by atoms with Gasteiger partial charge in [0.2, 0.25) is 23.0 Å². The molecule has 7 heteroatoms. The summed E-state index contributed by atoms with van der Waals surface area (Å²) < 4.78 is 17.0. The highest BCUT2D eigenvalue weighted by Crippen LogP contribution is 2.56. The number of hydrogen-bond donors (Lipinski definition) is 4. The number of fused-ring (bicyclic) bond motifs is 4. The van der Waals surface area contributed by atoms with Crippen LogP contribution in [0.4, 0.5) is 0 Å². The maximum Gasteiger partial charge on any atom is 0.205 e. The summed E-state index contributed by atoms with van der Waals surface area (Å²) in [6, 6.07) is 22.5. The molecular weight excluding hydrogens is 472 g/mol. The average molecular weight is 494 g/mol. The second kappa shape index (κ2) is 8.27. The molecule has 37 heavy (non-hydrogen) atoms. The van der Waals surface area contributed by atoms with Crippen molar-refractivity contribution in [1.29, 1.82) is 0 Å². The lowest BCUT2D eigenvalue weighted by Gasteiger charge is -2.19. The SMILES string of the molecule is COc1c(O)c(O)c(Oc2c(O)c(O)c(OC)c3cc4ccccc4cc23)c2cc3ccccc3cc12. The van der Waals surface area contributed by atoms with Gasteiger partial charge in [-0.1, -0.05) is 48.5 Å². The van der Waals surface area contributed by atoms with Gasteiger partial charge in [0.25, 0.3) is 0 Å². The van der Waals surface area contributed by atoms with E-state index in [0.29, 0.717) is 21.5 Å². The molecule has 7 nitrogen and oxygen atoms in total. The third kappa shape index (κ3) is 3.28. The standard InChI is InChI=1S/C30H22O7/c1-35-27-19-11-15-7-3-5-9-17(15)13-21(19)29(25(33)23(27)31)37-30-22-14-18-10-6-4-8-16(18)12-20(22)28(36-2)24(32)26(30)34/h3-14,31-34H,1-2H3. The molecule has 0 bridgehead atoms. The van der Waals surface area contributed by atoms with Gasteiger partial charge in [0.15, 0.2) is 23.0 Å². The number of phenols is 4. The van der Waals surface area contributed by atoms with Crippen LogP contribution in [0.3, 0.4) is 0 Å². The molecule has 0 heterocycles. The summed E-state index contributed by atoms with van der Waals surface area (Å²) in [6.45, 7) is 0. The summed E-state index contributed by atoms with van der Waals surface area (Å²) >= 11 is 0. The van der Waals surface area contributed by atoms with E-state index in [1.54, 1.807) is 12.1 Å². The van der Waals surface area contributed by atoms with Crippen LogP contribution in [0, 0.1) is 0 Å². The third-order valence-corrected chi connectivity index (χ3v) is 6.67. The van der Waals surface area contributed by atoms with E-state index in [2.05, 4.69) is 0 Å². The second-order valence-corrected chi connectivity index (χ2v) is 8.71. The van der Waals surface area contributed by atoms with Crippen molar-refractivity contribution in [1.82, 2.24) is 0 Å². The van der Waals surface area contributed by atoms with E-state index in [-0.39, 0.29) is 23.0 Å². The zero-order chi connectivity index (χ0) is 25.8. The van der Waals surface area contributed by atoms with Crippen molar-refractivity contribution in [2.45, 2.75) is 0 Å². The Balaban J connectivity index is 1.70. The first-order valence-electron chi connectivity index (χ1n) is 11.5. The van der Waals surface area contributed by atoms with Gasteiger partial charge in [0.1, 0.15) is 0 Å². The Morgan fingerprint density at radius 2 is 0.703 bits per heavy atom. The molecule has 0 atom stereocenters. The Kier molecular flexibility index (Phi) is 5.01. The molecule has 0 unspecified atom stereocenters. The lowest BCUT2D eigenvalue weighted by Crippen LogP contribution is -1.95. The highest BCUT2D eigenvalue weighted by molar-refractivity contribution is 6.09. The van der Waals surface area contributed by atoms with Crippen LogP contribution in [-0.2, 0) is 0 Å². The lowest BCUT2D eigenvalue weighted by atomic mass is 10.00. The molecule has 6 rings (SSSR count). The number of rotatable bonds is 4. The quantitative estimate of drug-likeness (QED) is 0.155. The molecule has 0 aliphatic carbocycles. The number of benzene rings is 6. The van der Waals surface area contributed by atoms with E-state index in [1.165, 1.54) is 14.2 Å². The number of hydrogen-bond acceptors (Lipinski definition) is 7.